The number of nitrogens with zero attached hydrogens (tertiary/aromatic N) is 4. The van der Waals surface area contributed by atoms with Crippen molar-refractivity contribution in [3.63, 3.8) is 0 Å². The van der Waals surface area contributed by atoms with Crippen LogP contribution < -0.4 is 9.64 Å². The molecule has 0 spiro atoms. The molecule has 162 valence electrons. The molecule has 1 aliphatic rings. The number of thioether (sulfide) groups is 1. The first kappa shape index (κ1) is 20.8. The maximum atomic E-state index is 13.5. The van der Waals surface area contributed by atoms with E-state index in [-0.39, 0.29) is 17.7 Å². The zero-order chi connectivity index (χ0) is 21.9. The first-order valence-electron chi connectivity index (χ1n) is 10.4. The fourth-order valence-electron chi connectivity index (χ4n) is 3.88. The van der Waals surface area contributed by atoms with Crippen LogP contribution in [0.15, 0.2) is 77.3 Å². The predicted octanol–water partition coefficient (Wildman–Crippen LogP) is 5.29. The Morgan fingerprint density at radius 2 is 1.91 bits per heavy atom. The van der Waals surface area contributed by atoms with Gasteiger partial charge in [0.1, 0.15) is 12.4 Å². The standard InChI is InChI=1S/C24H22N4O2S2/c1-2-27-23(21-13-8-14-31-21)25-26-24(27)32-16-22(29)28-18-11-6-7-12-20(18)30-15-19(28)17-9-4-3-5-10-17/h3-14,19H,2,15-16H2,1H3. The van der Waals surface area contributed by atoms with Gasteiger partial charge in [0.15, 0.2) is 11.0 Å². The van der Waals surface area contributed by atoms with E-state index >= 15 is 0 Å². The molecule has 2 aromatic carbocycles. The molecule has 0 bridgehead atoms. The van der Waals surface area contributed by atoms with Crippen LogP contribution in [0.25, 0.3) is 10.7 Å². The van der Waals surface area contributed by atoms with Gasteiger partial charge in [0, 0.05) is 6.54 Å². The predicted molar refractivity (Wildman–Crippen MR) is 128 cm³/mol. The normalized spacial score (nSPS) is 15.3. The van der Waals surface area contributed by atoms with Gasteiger partial charge in [-0.25, -0.2) is 0 Å². The fourth-order valence-corrected chi connectivity index (χ4v) is 5.46. The second kappa shape index (κ2) is 9.18. The highest BCUT2D eigenvalue weighted by Crippen LogP contribution is 2.40. The maximum Gasteiger partial charge on any atom is 0.238 e. The molecule has 8 heteroatoms. The van der Waals surface area contributed by atoms with Gasteiger partial charge < -0.3 is 9.30 Å². The van der Waals surface area contributed by atoms with E-state index in [2.05, 4.69) is 21.7 Å². The van der Waals surface area contributed by atoms with Crippen molar-refractivity contribution in [3.8, 4) is 16.5 Å². The molecule has 3 heterocycles. The van der Waals surface area contributed by atoms with Crippen LogP contribution in [0, 0.1) is 0 Å². The molecule has 5 rings (SSSR count). The Morgan fingerprint density at radius 1 is 1.09 bits per heavy atom. The van der Waals surface area contributed by atoms with Crippen LogP contribution in [0.5, 0.6) is 5.75 Å². The second-order valence-electron chi connectivity index (χ2n) is 7.29. The van der Waals surface area contributed by atoms with Gasteiger partial charge in [-0.3, -0.25) is 9.69 Å². The highest BCUT2D eigenvalue weighted by atomic mass is 32.2. The summed E-state index contributed by atoms with van der Waals surface area (Å²) < 4.78 is 8.05. The number of anilines is 1. The minimum Gasteiger partial charge on any atom is -0.489 e. The fraction of sp³-hybridized carbons (Fsp3) is 0.208. The molecule has 0 saturated heterocycles. The van der Waals surface area contributed by atoms with Gasteiger partial charge in [-0.15, -0.1) is 21.5 Å². The molecule has 0 N–H and O–H groups in total. The first-order valence-corrected chi connectivity index (χ1v) is 12.3. The number of ether oxygens (including phenoxy) is 1. The van der Waals surface area contributed by atoms with Crippen molar-refractivity contribution in [1.82, 2.24) is 14.8 Å². The number of aromatic nitrogens is 3. The summed E-state index contributed by atoms with van der Waals surface area (Å²) >= 11 is 3.06. The van der Waals surface area contributed by atoms with Gasteiger partial charge in [-0.05, 0) is 36.1 Å². The minimum absolute atomic E-state index is 0.0166. The monoisotopic (exact) mass is 462 g/mol. The van der Waals surface area contributed by atoms with Gasteiger partial charge in [-0.1, -0.05) is 60.3 Å². The molecule has 1 atom stereocenters. The molecule has 32 heavy (non-hydrogen) atoms. The number of fused-ring (bicyclic) bond motifs is 1. The van der Waals surface area contributed by atoms with Crippen LogP contribution >= 0.6 is 23.1 Å². The van der Waals surface area contributed by atoms with Crippen molar-refractivity contribution in [2.45, 2.75) is 24.7 Å². The second-order valence-corrected chi connectivity index (χ2v) is 9.18. The zero-order valence-electron chi connectivity index (χ0n) is 17.5. The van der Waals surface area contributed by atoms with E-state index in [0.717, 1.165) is 39.4 Å². The number of carbonyl (C=O) groups is 1. The number of thiophene rings is 1. The Hall–Kier alpha value is -3.10. The highest BCUT2D eigenvalue weighted by Gasteiger charge is 2.33. The van der Waals surface area contributed by atoms with Crippen molar-refractivity contribution >= 4 is 34.7 Å². The van der Waals surface area contributed by atoms with Gasteiger partial charge in [-0.2, -0.15) is 0 Å². The van der Waals surface area contributed by atoms with Gasteiger partial charge >= 0.3 is 0 Å². The Balaban J connectivity index is 1.41. The Labute approximate surface area is 194 Å². The van der Waals surface area contributed by atoms with Crippen molar-refractivity contribution in [1.29, 1.82) is 0 Å². The average Bonchev–Trinajstić information content (AvgIpc) is 3.52. The summed E-state index contributed by atoms with van der Waals surface area (Å²) in [6.07, 6.45) is 0. The Morgan fingerprint density at radius 3 is 2.69 bits per heavy atom. The summed E-state index contributed by atoms with van der Waals surface area (Å²) in [5.41, 5.74) is 1.85. The minimum atomic E-state index is -0.176. The van der Waals surface area contributed by atoms with Crippen LogP contribution in [0.2, 0.25) is 0 Å². The van der Waals surface area contributed by atoms with E-state index in [4.69, 9.17) is 4.74 Å². The van der Waals surface area contributed by atoms with Crippen molar-refractivity contribution in [2.24, 2.45) is 0 Å². The summed E-state index contributed by atoms with van der Waals surface area (Å²) in [5, 5.41) is 11.5. The Kier molecular flexibility index (Phi) is 5.96. The van der Waals surface area contributed by atoms with E-state index in [1.807, 2.05) is 77.0 Å². The van der Waals surface area contributed by atoms with Crippen molar-refractivity contribution < 1.29 is 9.53 Å². The van der Waals surface area contributed by atoms with Crippen LogP contribution in [0.1, 0.15) is 18.5 Å². The van der Waals surface area contributed by atoms with Crippen LogP contribution in [0.3, 0.4) is 0 Å². The third-order valence-electron chi connectivity index (χ3n) is 5.39. The lowest BCUT2D eigenvalue weighted by atomic mass is 10.0. The van der Waals surface area contributed by atoms with Gasteiger partial charge in [0.05, 0.1) is 22.4 Å². The molecular formula is C24H22N4O2S2. The molecule has 1 aliphatic heterocycles. The maximum absolute atomic E-state index is 13.5. The summed E-state index contributed by atoms with van der Waals surface area (Å²) in [6, 6.07) is 21.6. The molecule has 0 aliphatic carbocycles. The number of amides is 1. The number of para-hydroxylation sites is 2. The van der Waals surface area contributed by atoms with Crippen molar-refractivity contribution in [2.75, 3.05) is 17.3 Å². The topological polar surface area (TPSA) is 60.2 Å². The summed E-state index contributed by atoms with van der Waals surface area (Å²) in [5.74, 6) is 1.86. The molecule has 4 aromatic rings. The summed E-state index contributed by atoms with van der Waals surface area (Å²) in [7, 11) is 0. The quantitative estimate of drug-likeness (QED) is 0.365. The van der Waals surface area contributed by atoms with Crippen molar-refractivity contribution in [3.05, 3.63) is 77.7 Å². The number of benzene rings is 2. The molecule has 2 aromatic heterocycles. The molecule has 6 nitrogen and oxygen atoms in total. The largest absolute Gasteiger partial charge is 0.489 e. The number of carbonyl (C=O) groups excluding carboxylic acids is 1. The molecule has 1 unspecified atom stereocenters. The number of hydrogen-bond donors (Lipinski definition) is 0. The van der Waals surface area contributed by atoms with E-state index < -0.39 is 0 Å². The van der Waals surface area contributed by atoms with E-state index in [1.165, 1.54) is 11.8 Å². The van der Waals surface area contributed by atoms with Gasteiger partial charge in [0.25, 0.3) is 0 Å². The average molecular weight is 463 g/mol. The smallest absolute Gasteiger partial charge is 0.238 e. The van der Waals surface area contributed by atoms with Gasteiger partial charge in [0.2, 0.25) is 5.91 Å². The van der Waals surface area contributed by atoms with E-state index in [9.17, 15) is 4.79 Å². The lowest BCUT2D eigenvalue weighted by Crippen LogP contribution is -2.42. The lowest BCUT2D eigenvalue weighted by Gasteiger charge is -2.37. The third-order valence-corrected chi connectivity index (χ3v) is 7.20. The molecule has 0 saturated carbocycles. The first-order chi connectivity index (χ1) is 15.8. The van der Waals surface area contributed by atoms with Crippen LogP contribution in [0.4, 0.5) is 5.69 Å². The SMILES string of the molecule is CCn1c(SCC(=O)N2c3ccccc3OCC2c2ccccc2)nnc1-c1cccs1. The molecular weight excluding hydrogens is 440 g/mol. The Bertz CT molecular complexity index is 1210. The zero-order valence-corrected chi connectivity index (χ0v) is 19.2. The third kappa shape index (κ3) is 3.91. The highest BCUT2D eigenvalue weighted by molar-refractivity contribution is 7.99. The summed E-state index contributed by atoms with van der Waals surface area (Å²) in [4.78, 5) is 16.5. The summed E-state index contributed by atoms with van der Waals surface area (Å²) in [6.45, 7) is 3.23. The molecule has 1 amide bonds. The van der Waals surface area contributed by atoms with E-state index in [0.29, 0.717) is 6.61 Å². The lowest BCUT2D eigenvalue weighted by molar-refractivity contribution is -0.117. The van der Waals surface area contributed by atoms with E-state index in [1.54, 1.807) is 11.3 Å². The number of rotatable bonds is 6. The van der Waals surface area contributed by atoms with Crippen LogP contribution in [-0.2, 0) is 11.3 Å². The molecule has 0 radical (unpaired) electrons. The molecule has 0 fully saturated rings. The van der Waals surface area contributed by atoms with Crippen LogP contribution in [-0.4, -0.2) is 33.0 Å². The number of hydrogen-bond acceptors (Lipinski definition) is 6.